The summed E-state index contributed by atoms with van der Waals surface area (Å²) in [6, 6.07) is 3.49. The predicted molar refractivity (Wildman–Crippen MR) is 73.0 cm³/mol. The zero-order valence-corrected chi connectivity index (χ0v) is 14.8. The molecule has 1 N–H and O–H groups in total. The molecule has 0 saturated carbocycles. The maximum absolute atomic E-state index is 13.2. The van der Waals surface area contributed by atoms with Gasteiger partial charge in [0.05, 0.1) is 0 Å². The second-order valence-corrected chi connectivity index (χ2v) is 8.97. The van der Waals surface area contributed by atoms with E-state index < -0.39 is 44.5 Å². The number of halogens is 3. The summed E-state index contributed by atoms with van der Waals surface area (Å²) in [6.07, 6.45) is -0.503. The molecule has 2 rings (SSSR count). The molecular weight excluding hydrogens is 407 g/mol. The summed E-state index contributed by atoms with van der Waals surface area (Å²) >= 11 is -0.570. The van der Waals surface area contributed by atoms with Crippen LogP contribution >= 0.6 is 0 Å². The summed E-state index contributed by atoms with van der Waals surface area (Å²) in [7, 11) is 0. The third kappa shape index (κ3) is 6.04. The van der Waals surface area contributed by atoms with Crippen molar-refractivity contribution < 1.29 is 44.3 Å². The SMILES string of the molecule is CC(C)(C)OC(=O)NC([I-]Cc1cc(F)cc(F)c1)C1CO1. The van der Waals surface area contributed by atoms with Gasteiger partial charge in [0.1, 0.15) is 0 Å². The van der Waals surface area contributed by atoms with Crippen molar-refractivity contribution in [3.05, 3.63) is 35.4 Å². The summed E-state index contributed by atoms with van der Waals surface area (Å²) in [4.78, 5) is 11.8. The first-order valence-electron chi connectivity index (χ1n) is 6.87. The Morgan fingerprint density at radius 1 is 1.41 bits per heavy atom. The molecule has 1 aliphatic rings. The van der Waals surface area contributed by atoms with E-state index in [1.54, 1.807) is 20.8 Å². The summed E-state index contributed by atoms with van der Waals surface area (Å²) in [6.45, 7) is 5.97. The molecule has 7 heteroatoms. The minimum atomic E-state index is -0.585. The van der Waals surface area contributed by atoms with Crippen molar-refractivity contribution in [3.8, 4) is 0 Å². The number of carbonyl (C=O) groups is 1. The minimum absolute atomic E-state index is 0.0151. The average molecular weight is 426 g/mol. The molecule has 4 nitrogen and oxygen atoms in total. The van der Waals surface area contributed by atoms with Crippen molar-refractivity contribution in [3.63, 3.8) is 0 Å². The van der Waals surface area contributed by atoms with Crippen molar-refractivity contribution in [1.82, 2.24) is 5.32 Å². The van der Waals surface area contributed by atoms with Crippen LogP contribution in [0.4, 0.5) is 13.6 Å². The molecule has 1 fully saturated rings. The number of nitrogens with one attached hydrogen (secondary N) is 1. The molecule has 0 bridgehead atoms. The molecule has 1 saturated heterocycles. The number of ether oxygens (including phenoxy) is 2. The van der Waals surface area contributed by atoms with Gasteiger partial charge >= 0.3 is 139 Å². The molecule has 1 amide bonds. The van der Waals surface area contributed by atoms with E-state index in [2.05, 4.69) is 5.32 Å². The van der Waals surface area contributed by atoms with Gasteiger partial charge in [0, 0.05) is 0 Å². The number of alkyl carbamates (subject to hydrolysis) is 1. The molecule has 0 radical (unpaired) electrons. The second kappa shape index (κ2) is 7.08. The predicted octanol–water partition coefficient (Wildman–Crippen LogP) is -0.197. The van der Waals surface area contributed by atoms with Gasteiger partial charge in [-0.2, -0.15) is 0 Å². The molecule has 1 aromatic carbocycles. The first-order chi connectivity index (χ1) is 10.2. The molecule has 1 aromatic rings. The zero-order chi connectivity index (χ0) is 16.3. The van der Waals surface area contributed by atoms with Gasteiger partial charge in [0.15, 0.2) is 0 Å². The Hall–Kier alpha value is -0.960. The van der Waals surface area contributed by atoms with Crippen LogP contribution in [0.5, 0.6) is 0 Å². The molecule has 22 heavy (non-hydrogen) atoms. The Balaban J connectivity index is 1.90. The summed E-state index contributed by atoms with van der Waals surface area (Å²) in [5.41, 5.74) is 0.0326. The van der Waals surface area contributed by atoms with E-state index in [4.69, 9.17) is 9.47 Å². The summed E-state index contributed by atoms with van der Waals surface area (Å²) in [5, 5.41) is 2.81. The Morgan fingerprint density at radius 3 is 2.50 bits per heavy atom. The Labute approximate surface area is 138 Å². The molecular formula is C15H19F2INO3-. The Morgan fingerprint density at radius 2 is 2.00 bits per heavy atom. The van der Waals surface area contributed by atoms with Crippen LogP contribution in [0.3, 0.4) is 0 Å². The van der Waals surface area contributed by atoms with Crippen molar-refractivity contribution in [2.24, 2.45) is 0 Å². The first kappa shape index (κ1) is 17.4. The van der Waals surface area contributed by atoms with Crippen molar-refractivity contribution >= 4 is 6.09 Å². The van der Waals surface area contributed by atoms with E-state index in [0.29, 0.717) is 16.6 Å². The average Bonchev–Trinajstić information content (AvgIpc) is 3.15. The summed E-state index contributed by atoms with van der Waals surface area (Å²) in [5.74, 6) is -1.17. The number of rotatable bonds is 5. The van der Waals surface area contributed by atoms with Crippen LogP contribution in [0, 0.1) is 11.6 Å². The first-order valence-corrected chi connectivity index (χ1v) is 9.64. The fourth-order valence-electron chi connectivity index (χ4n) is 1.74. The van der Waals surface area contributed by atoms with E-state index in [0.717, 1.165) is 6.07 Å². The number of hydrogen-bond acceptors (Lipinski definition) is 3. The van der Waals surface area contributed by atoms with Crippen LogP contribution in [0.1, 0.15) is 26.3 Å². The van der Waals surface area contributed by atoms with Gasteiger partial charge in [-0.15, -0.1) is 0 Å². The topological polar surface area (TPSA) is 50.9 Å². The van der Waals surface area contributed by atoms with Crippen LogP contribution in [-0.2, 0) is 13.9 Å². The van der Waals surface area contributed by atoms with Gasteiger partial charge in [-0.1, -0.05) is 0 Å². The third-order valence-electron chi connectivity index (χ3n) is 2.66. The van der Waals surface area contributed by atoms with E-state index in [-0.39, 0.29) is 10.2 Å². The number of epoxide rings is 1. The summed E-state index contributed by atoms with van der Waals surface area (Å²) < 4.78 is 37.3. The normalized spacial score (nSPS) is 18.9. The fraction of sp³-hybridized carbons (Fsp3) is 0.533. The van der Waals surface area contributed by atoms with Crippen LogP contribution in [0.15, 0.2) is 18.2 Å². The van der Waals surface area contributed by atoms with Gasteiger partial charge < -0.3 is 0 Å². The molecule has 0 aromatic heterocycles. The van der Waals surface area contributed by atoms with Crippen LogP contribution < -0.4 is 26.5 Å². The van der Waals surface area contributed by atoms with Gasteiger partial charge in [-0.05, 0) is 0 Å². The standard InChI is InChI=1S/C15H19F2INO3/c1-15(2,3)22-14(20)19-13(12-8-21-12)18-7-9-4-10(16)6-11(17)5-9/h4-6,12-13H,7-8H2,1-3H3,(H,19,20)/q-1. The number of benzene rings is 1. The number of hydrogen-bond donors (Lipinski definition) is 1. The van der Waals surface area contributed by atoms with Crippen LogP contribution in [-0.4, -0.2) is 28.5 Å². The molecule has 2 atom stereocenters. The third-order valence-corrected chi connectivity index (χ3v) is 6.04. The number of carbonyl (C=O) groups excluding carboxylic acids is 1. The van der Waals surface area contributed by atoms with E-state index in [1.807, 2.05) is 0 Å². The molecule has 0 aliphatic carbocycles. The fourth-order valence-corrected chi connectivity index (χ4v) is 4.62. The van der Waals surface area contributed by atoms with E-state index in [9.17, 15) is 13.6 Å². The Bertz CT molecular complexity index is 524. The Kier molecular flexibility index (Phi) is 5.60. The van der Waals surface area contributed by atoms with Crippen molar-refractivity contribution in [2.45, 2.75) is 41.0 Å². The monoisotopic (exact) mass is 426 g/mol. The van der Waals surface area contributed by atoms with Gasteiger partial charge in [-0.3, -0.25) is 0 Å². The van der Waals surface area contributed by atoms with Gasteiger partial charge in [0.2, 0.25) is 0 Å². The maximum atomic E-state index is 13.2. The van der Waals surface area contributed by atoms with E-state index >= 15 is 0 Å². The molecule has 124 valence electrons. The molecule has 2 unspecified atom stereocenters. The molecule has 1 aliphatic heterocycles. The van der Waals surface area contributed by atoms with Gasteiger partial charge in [0.25, 0.3) is 0 Å². The van der Waals surface area contributed by atoms with Crippen molar-refractivity contribution in [2.75, 3.05) is 6.61 Å². The van der Waals surface area contributed by atoms with Crippen molar-refractivity contribution in [1.29, 1.82) is 0 Å². The number of alkyl halides is 2. The second-order valence-electron chi connectivity index (χ2n) is 5.99. The zero-order valence-electron chi connectivity index (χ0n) is 12.7. The van der Waals surface area contributed by atoms with Crippen LogP contribution in [0.2, 0.25) is 0 Å². The van der Waals surface area contributed by atoms with Crippen LogP contribution in [0.25, 0.3) is 0 Å². The quantitative estimate of drug-likeness (QED) is 0.307. The van der Waals surface area contributed by atoms with E-state index in [1.165, 1.54) is 12.1 Å². The number of amides is 1. The molecule has 0 spiro atoms. The van der Waals surface area contributed by atoms with Gasteiger partial charge in [-0.25, -0.2) is 0 Å². The molecule has 1 heterocycles.